The number of benzene rings is 2. The molecule has 23 heavy (non-hydrogen) atoms. The topological polar surface area (TPSA) is 29.1 Å². The predicted octanol–water partition coefficient (Wildman–Crippen LogP) is 4.58. The van der Waals surface area contributed by atoms with E-state index < -0.39 is 11.7 Å². The molecule has 0 radical (unpaired) electrons. The third-order valence-corrected chi connectivity index (χ3v) is 3.29. The number of carbonyl (C=O) groups is 1. The Morgan fingerprint density at radius 3 is 2.30 bits per heavy atom. The maximum atomic E-state index is 12.9. The molecule has 0 aromatic heterocycles. The van der Waals surface area contributed by atoms with E-state index in [9.17, 15) is 18.0 Å². The minimum absolute atomic E-state index is 0.0000857. The van der Waals surface area contributed by atoms with Gasteiger partial charge in [-0.15, -0.1) is 0 Å². The van der Waals surface area contributed by atoms with Crippen molar-refractivity contribution in [3.63, 3.8) is 0 Å². The second kappa shape index (κ2) is 7.13. The Bertz CT molecular complexity index is 706. The molecule has 2 aromatic carbocycles. The van der Waals surface area contributed by atoms with Gasteiger partial charge in [0.15, 0.2) is 5.78 Å². The van der Waals surface area contributed by atoms with Crippen LogP contribution >= 0.6 is 0 Å². The largest absolute Gasteiger partial charge is 0.416 e. The Morgan fingerprint density at radius 1 is 1.04 bits per heavy atom. The van der Waals surface area contributed by atoms with Crippen LogP contribution in [0.25, 0.3) is 0 Å². The fourth-order valence-electron chi connectivity index (χ4n) is 2.12. The van der Waals surface area contributed by atoms with Gasteiger partial charge in [-0.25, -0.2) is 0 Å². The molecule has 0 bridgehead atoms. The maximum absolute atomic E-state index is 12.9. The quantitative estimate of drug-likeness (QED) is 0.645. The molecular weight excluding hydrogens is 303 g/mol. The highest BCUT2D eigenvalue weighted by atomic mass is 19.4. The normalized spacial score (nSPS) is 12.1. The standard InChI is InChI=1S/C18H16F3NO/c1-13(11-17(23)14-7-3-2-4-8-14)22-12-15-9-5-6-10-16(15)18(19,20)21/h2-11,22H,12H2,1H3/b13-11-. The lowest BCUT2D eigenvalue weighted by molar-refractivity contribution is -0.138. The fraction of sp³-hybridized carbons (Fsp3) is 0.167. The van der Waals surface area contributed by atoms with Gasteiger partial charge in [0.1, 0.15) is 0 Å². The number of halogens is 3. The van der Waals surface area contributed by atoms with Crippen LogP contribution in [0.15, 0.2) is 66.4 Å². The Balaban J connectivity index is 2.07. The number of alkyl halides is 3. The van der Waals surface area contributed by atoms with E-state index in [1.54, 1.807) is 43.3 Å². The van der Waals surface area contributed by atoms with Crippen LogP contribution in [-0.4, -0.2) is 5.78 Å². The summed E-state index contributed by atoms with van der Waals surface area (Å²) in [7, 11) is 0. The lowest BCUT2D eigenvalue weighted by atomic mass is 10.1. The first-order valence-electron chi connectivity index (χ1n) is 7.04. The third-order valence-electron chi connectivity index (χ3n) is 3.29. The van der Waals surface area contributed by atoms with Gasteiger partial charge in [0.25, 0.3) is 0 Å². The van der Waals surface area contributed by atoms with Crippen molar-refractivity contribution in [1.29, 1.82) is 0 Å². The summed E-state index contributed by atoms with van der Waals surface area (Å²) in [6.45, 7) is 1.65. The highest BCUT2D eigenvalue weighted by Crippen LogP contribution is 2.31. The van der Waals surface area contributed by atoms with Crippen LogP contribution in [0.3, 0.4) is 0 Å². The SMILES string of the molecule is C/C(=C/C(=O)c1ccccc1)NCc1ccccc1C(F)(F)F. The van der Waals surface area contributed by atoms with Crippen LogP contribution < -0.4 is 5.32 Å². The van der Waals surface area contributed by atoms with Crippen LogP contribution in [-0.2, 0) is 12.7 Å². The molecule has 0 saturated carbocycles. The molecule has 0 aliphatic heterocycles. The summed E-state index contributed by atoms with van der Waals surface area (Å²) in [5.41, 5.74) is 0.509. The van der Waals surface area contributed by atoms with Gasteiger partial charge in [0, 0.05) is 23.9 Å². The Kier molecular flexibility index (Phi) is 5.21. The van der Waals surface area contributed by atoms with E-state index in [2.05, 4.69) is 5.32 Å². The smallest absolute Gasteiger partial charge is 0.384 e. The van der Waals surface area contributed by atoms with E-state index in [1.165, 1.54) is 18.2 Å². The summed E-state index contributed by atoms with van der Waals surface area (Å²) in [5, 5.41) is 2.85. The van der Waals surface area contributed by atoms with E-state index >= 15 is 0 Å². The second-order valence-electron chi connectivity index (χ2n) is 5.07. The number of carbonyl (C=O) groups excluding carboxylic acids is 1. The number of ketones is 1. The van der Waals surface area contributed by atoms with Gasteiger partial charge in [-0.05, 0) is 18.6 Å². The van der Waals surface area contributed by atoms with Crippen molar-refractivity contribution < 1.29 is 18.0 Å². The lowest BCUT2D eigenvalue weighted by Crippen LogP contribution is -2.16. The van der Waals surface area contributed by atoms with Gasteiger partial charge < -0.3 is 5.32 Å². The van der Waals surface area contributed by atoms with Crippen molar-refractivity contribution in [2.24, 2.45) is 0 Å². The molecule has 0 atom stereocenters. The summed E-state index contributed by atoms with van der Waals surface area (Å²) in [6.07, 6.45) is -3.01. The molecule has 1 N–H and O–H groups in total. The van der Waals surface area contributed by atoms with Crippen LogP contribution in [0, 0.1) is 0 Å². The van der Waals surface area contributed by atoms with E-state index in [1.807, 2.05) is 0 Å². The van der Waals surface area contributed by atoms with Gasteiger partial charge in [-0.1, -0.05) is 48.5 Å². The molecule has 0 fully saturated rings. The molecule has 0 amide bonds. The van der Waals surface area contributed by atoms with Gasteiger partial charge in [0.05, 0.1) is 5.56 Å². The zero-order valence-electron chi connectivity index (χ0n) is 12.5. The number of rotatable bonds is 5. The number of hydrogen-bond donors (Lipinski definition) is 1. The van der Waals surface area contributed by atoms with E-state index in [-0.39, 0.29) is 17.9 Å². The fourth-order valence-corrected chi connectivity index (χ4v) is 2.12. The zero-order chi connectivity index (χ0) is 16.9. The van der Waals surface area contributed by atoms with Gasteiger partial charge >= 0.3 is 6.18 Å². The molecular formula is C18H16F3NO. The summed E-state index contributed by atoms with van der Waals surface area (Å²) < 4.78 is 38.7. The van der Waals surface area contributed by atoms with E-state index in [0.717, 1.165) is 6.07 Å². The molecule has 0 heterocycles. The second-order valence-corrected chi connectivity index (χ2v) is 5.07. The van der Waals surface area contributed by atoms with Crippen molar-refractivity contribution in [1.82, 2.24) is 5.32 Å². The minimum atomic E-state index is -4.39. The van der Waals surface area contributed by atoms with Crippen molar-refractivity contribution in [2.75, 3.05) is 0 Å². The average molecular weight is 319 g/mol. The van der Waals surface area contributed by atoms with Crippen molar-refractivity contribution in [2.45, 2.75) is 19.6 Å². The molecule has 2 nitrogen and oxygen atoms in total. The minimum Gasteiger partial charge on any atom is -0.384 e. The first-order valence-corrected chi connectivity index (χ1v) is 7.04. The average Bonchev–Trinajstić information content (AvgIpc) is 2.53. The first-order chi connectivity index (χ1) is 10.9. The van der Waals surface area contributed by atoms with Gasteiger partial charge in [-0.2, -0.15) is 13.2 Å². The highest BCUT2D eigenvalue weighted by Gasteiger charge is 2.32. The molecule has 5 heteroatoms. The number of allylic oxidation sites excluding steroid dienone is 2. The van der Waals surface area contributed by atoms with Crippen LogP contribution in [0.2, 0.25) is 0 Å². The molecule has 2 aromatic rings. The molecule has 120 valence electrons. The molecule has 0 aliphatic rings. The Labute approximate surface area is 132 Å². The summed E-state index contributed by atoms with van der Waals surface area (Å²) in [6, 6.07) is 14.1. The molecule has 0 spiro atoms. The number of nitrogens with one attached hydrogen (secondary N) is 1. The van der Waals surface area contributed by atoms with Crippen molar-refractivity contribution in [3.8, 4) is 0 Å². The summed E-state index contributed by atoms with van der Waals surface area (Å²) in [4.78, 5) is 12.0. The lowest BCUT2D eigenvalue weighted by Gasteiger charge is -2.14. The first kappa shape index (κ1) is 16.8. The molecule has 0 aliphatic carbocycles. The van der Waals surface area contributed by atoms with E-state index in [0.29, 0.717) is 11.3 Å². The third kappa shape index (κ3) is 4.71. The van der Waals surface area contributed by atoms with Crippen molar-refractivity contribution >= 4 is 5.78 Å². The maximum Gasteiger partial charge on any atom is 0.416 e. The van der Waals surface area contributed by atoms with Crippen molar-refractivity contribution in [3.05, 3.63) is 83.1 Å². The monoisotopic (exact) mass is 319 g/mol. The van der Waals surface area contributed by atoms with E-state index in [4.69, 9.17) is 0 Å². The Morgan fingerprint density at radius 2 is 1.65 bits per heavy atom. The van der Waals surface area contributed by atoms with Crippen LogP contribution in [0.1, 0.15) is 28.4 Å². The molecule has 0 saturated heterocycles. The zero-order valence-corrected chi connectivity index (χ0v) is 12.5. The highest BCUT2D eigenvalue weighted by molar-refractivity contribution is 6.04. The summed E-state index contributed by atoms with van der Waals surface area (Å²) >= 11 is 0. The van der Waals surface area contributed by atoms with Gasteiger partial charge in [-0.3, -0.25) is 4.79 Å². The number of hydrogen-bond acceptors (Lipinski definition) is 2. The Hall–Kier alpha value is -2.56. The predicted molar refractivity (Wildman–Crippen MR) is 82.8 cm³/mol. The van der Waals surface area contributed by atoms with Gasteiger partial charge in [0.2, 0.25) is 0 Å². The van der Waals surface area contributed by atoms with Crippen LogP contribution in [0.4, 0.5) is 13.2 Å². The van der Waals surface area contributed by atoms with Crippen LogP contribution in [0.5, 0.6) is 0 Å². The molecule has 0 unspecified atom stereocenters. The molecule has 2 rings (SSSR count). The summed E-state index contributed by atoms with van der Waals surface area (Å²) in [5.74, 6) is -0.195.